The molecule has 0 bridgehead atoms. The lowest BCUT2D eigenvalue weighted by Gasteiger charge is -2.19. The van der Waals surface area contributed by atoms with Crippen molar-refractivity contribution in [3.05, 3.63) is 35.4 Å². The zero-order chi connectivity index (χ0) is 10.1. The average Bonchev–Trinajstić information content (AvgIpc) is 2.45. The van der Waals surface area contributed by atoms with Gasteiger partial charge in [0, 0.05) is 23.0 Å². The second kappa shape index (κ2) is 3.71. The highest BCUT2D eigenvalue weighted by molar-refractivity contribution is 9.09. The molecule has 1 amide bonds. The number of hydrogen-bond acceptors (Lipinski definition) is 2. The molecule has 1 aliphatic heterocycles. The van der Waals surface area contributed by atoms with Gasteiger partial charge >= 0.3 is 0 Å². The minimum Gasteiger partial charge on any atom is -0.369 e. The number of benzene rings is 1. The van der Waals surface area contributed by atoms with E-state index < -0.39 is 6.23 Å². The van der Waals surface area contributed by atoms with Crippen LogP contribution in [0.3, 0.4) is 0 Å². The van der Waals surface area contributed by atoms with Gasteiger partial charge in [-0.3, -0.25) is 4.79 Å². The molecule has 74 valence electrons. The summed E-state index contributed by atoms with van der Waals surface area (Å²) < 4.78 is 0. The molecule has 1 unspecified atom stereocenters. The first kappa shape index (κ1) is 9.68. The summed E-state index contributed by atoms with van der Waals surface area (Å²) in [6, 6.07) is 7.16. The summed E-state index contributed by atoms with van der Waals surface area (Å²) >= 11 is 3.25. The largest absolute Gasteiger partial charge is 0.369 e. The van der Waals surface area contributed by atoms with E-state index >= 15 is 0 Å². The number of aliphatic hydroxyl groups excluding tert-OH is 1. The van der Waals surface area contributed by atoms with Gasteiger partial charge in [0.25, 0.3) is 5.91 Å². The Morgan fingerprint density at radius 1 is 1.43 bits per heavy atom. The first-order valence-electron chi connectivity index (χ1n) is 4.39. The van der Waals surface area contributed by atoms with E-state index in [4.69, 9.17) is 0 Å². The Morgan fingerprint density at radius 2 is 2.14 bits per heavy atom. The van der Waals surface area contributed by atoms with Crippen molar-refractivity contribution in [1.82, 2.24) is 4.90 Å². The zero-order valence-corrected chi connectivity index (χ0v) is 9.07. The molecule has 1 heterocycles. The maximum Gasteiger partial charge on any atom is 0.256 e. The van der Waals surface area contributed by atoms with Gasteiger partial charge in [0.15, 0.2) is 6.23 Å². The predicted molar refractivity (Wildman–Crippen MR) is 56.2 cm³/mol. The summed E-state index contributed by atoms with van der Waals surface area (Å²) in [5, 5.41) is 10.5. The van der Waals surface area contributed by atoms with Crippen LogP contribution in [-0.4, -0.2) is 27.8 Å². The quantitative estimate of drug-likeness (QED) is 0.815. The van der Waals surface area contributed by atoms with Crippen LogP contribution in [-0.2, 0) is 0 Å². The molecule has 1 N–H and O–H groups in total. The minimum absolute atomic E-state index is 0.0902. The number of rotatable bonds is 2. The molecule has 0 aromatic heterocycles. The fourth-order valence-corrected chi connectivity index (χ4v) is 2.05. The maximum absolute atomic E-state index is 11.7. The third-order valence-corrected chi connectivity index (χ3v) is 2.71. The van der Waals surface area contributed by atoms with Gasteiger partial charge < -0.3 is 10.0 Å². The molecule has 4 heteroatoms. The van der Waals surface area contributed by atoms with Crippen LogP contribution in [0.15, 0.2) is 24.3 Å². The topological polar surface area (TPSA) is 40.5 Å². The summed E-state index contributed by atoms with van der Waals surface area (Å²) in [7, 11) is 0. The average molecular weight is 256 g/mol. The summed E-state index contributed by atoms with van der Waals surface area (Å²) in [6.45, 7) is 0.522. The number of nitrogens with zero attached hydrogens (tertiary/aromatic N) is 1. The van der Waals surface area contributed by atoms with Gasteiger partial charge in [-0.25, -0.2) is 0 Å². The second-order valence-corrected chi connectivity index (χ2v) is 3.94. The Morgan fingerprint density at radius 3 is 2.79 bits per heavy atom. The van der Waals surface area contributed by atoms with Crippen molar-refractivity contribution in [1.29, 1.82) is 0 Å². The van der Waals surface area contributed by atoms with Crippen LogP contribution in [0.5, 0.6) is 0 Å². The third kappa shape index (κ3) is 1.35. The van der Waals surface area contributed by atoms with E-state index in [2.05, 4.69) is 15.9 Å². The number of alkyl halides is 1. The summed E-state index contributed by atoms with van der Waals surface area (Å²) in [4.78, 5) is 13.2. The summed E-state index contributed by atoms with van der Waals surface area (Å²) in [5.74, 6) is -0.0902. The predicted octanol–water partition coefficient (Wildman–Crippen LogP) is 1.53. The number of fused-ring (bicyclic) bond motifs is 1. The lowest BCUT2D eigenvalue weighted by molar-refractivity contribution is 0.0209. The lowest BCUT2D eigenvalue weighted by atomic mass is 10.1. The lowest BCUT2D eigenvalue weighted by Crippen LogP contribution is -2.29. The molecule has 0 saturated heterocycles. The van der Waals surface area contributed by atoms with Crippen LogP contribution in [0, 0.1) is 0 Å². The van der Waals surface area contributed by atoms with E-state index in [0.717, 1.165) is 0 Å². The molecule has 1 aliphatic rings. The van der Waals surface area contributed by atoms with Crippen LogP contribution in [0.2, 0.25) is 0 Å². The van der Waals surface area contributed by atoms with Crippen molar-refractivity contribution >= 4 is 21.8 Å². The highest BCUT2D eigenvalue weighted by Crippen LogP contribution is 2.30. The van der Waals surface area contributed by atoms with Crippen LogP contribution in [0.4, 0.5) is 0 Å². The highest BCUT2D eigenvalue weighted by Gasteiger charge is 2.34. The van der Waals surface area contributed by atoms with Crippen LogP contribution < -0.4 is 0 Å². The van der Waals surface area contributed by atoms with Crippen LogP contribution >= 0.6 is 15.9 Å². The molecule has 0 aliphatic carbocycles. The number of aliphatic hydroxyl groups is 1. The van der Waals surface area contributed by atoms with E-state index in [1.165, 1.54) is 4.90 Å². The van der Waals surface area contributed by atoms with E-state index in [1.54, 1.807) is 18.2 Å². The summed E-state index contributed by atoms with van der Waals surface area (Å²) in [5.41, 5.74) is 1.32. The Labute approximate surface area is 90.5 Å². The van der Waals surface area contributed by atoms with E-state index in [-0.39, 0.29) is 5.91 Å². The maximum atomic E-state index is 11.7. The Bertz CT molecular complexity index is 367. The van der Waals surface area contributed by atoms with Crippen LogP contribution in [0.25, 0.3) is 0 Å². The normalized spacial score (nSPS) is 20.0. The molecular weight excluding hydrogens is 246 g/mol. The van der Waals surface area contributed by atoms with Crippen molar-refractivity contribution in [2.45, 2.75) is 6.23 Å². The first-order chi connectivity index (χ1) is 6.75. The molecule has 0 radical (unpaired) electrons. The molecule has 0 spiro atoms. The first-order valence-corrected chi connectivity index (χ1v) is 5.52. The summed E-state index contributed by atoms with van der Waals surface area (Å²) in [6.07, 6.45) is -0.781. The van der Waals surface area contributed by atoms with E-state index in [9.17, 15) is 9.90 Å². The fraction of sp³-hybridized carbons (Fsp3) is 0.300. The molecule has 1 atom stereocenters. The molecule has 0 saturated carbocycles. The number of hydrogen-bond donors (Lipinski definition) is 1. The smallest absolute Gasteiger partial charge is 0.256 e. The van der Waals surface area contributed by atoms with Crippen LogP contribution in [0.1, 0.15) is 22.1 Å². The van der Waals surface area contributed by atoms with Crippen molar-refractivity contribution in [2.75, 3.05) is 11.9 Å². The van der Waals surface area contributed by atoms with Gasteiger partial charge in [0.2, 0.25) is 0 Å². The highest BCUT2D eigenvalue weighted by atomic mass is 79.9. The number of amides is 1. The van der Waals surface area contributed by atoms with Gasteiger partial charge in [-0.1, -0.05) is 34.1 Å². The monoisotopic (exact) mass is 255 g/mol. The van der Waals surface area contributed by atoms with Crippen molar-refractivity contribution in [3.8, 4) is 0 Å². The number of halogens is 1. The molecule has 1 aromatic rings. The number of carbonyl (C=O) groups is 1. The SMILES string of the molecule is O=C1c2ccccc2C(O)N1CCBr. The van der Waals surface area contributed by atoms with E-state index in [1.807, 2.05) is 6.07 Å². The molecule has 2 rings (SSSR count). The van der Waals surface area contributed by atoms with Gasteiger partial charge in [0.05, 0.1) is 0 Å². The standard InChI is InChI=1S/C10H10BrNO2/c11-5-6-12-9(13)7-3-1-2-4-8(7)10(12)14/h1-4,9,13H,5-6H2. The third-order valence-electron chi connectivity index (χ3n) is 2.35. The van der Waals surface area contributed by atoms with Crippen molar-refractivity contribution in [2.24, 2.45) is 0 Å². The Hall–Kier alpha value is -0.870. The Balaban J connectivity index is 2.38. The van der Waals surface area contributed by atoms with Gasteiger partial charge in [0.1, 0.15) is 0 Å². The molecule has 0 fully saturated rings. The van der Waals surface area contributed by atoms with Gasteiger partial charge in [-0.2, -0.15) is 0 Å². The minimum atomic E-state index is -0.781. The molecule has 3 nitrogen and oxygen atoms in total. The van der Waals surface area contributed by atoms with Crippen molar-refractivity contribution < 1.29 is 9.90 Å². The van der Waals surface area contributed by atoms with Gasteiger partial charge in [-0.05, 0) is 6.07 Å². The zero-order valence-electron chi connectivity index (χ0n) is 7.48. The van der Waals surface area contributed by atoms with Gasteiger partial charge in [-0.15, -0.1) is 0 Å². The Kier molecular flexibility index (Phi) is 2.56. The van der Waals surface area contributed by atoms with E-state index in [0.29, 0.717) is 23.0 Å². The number of carbonyl (C=O) groups excluding carboxylic acids is 1. The molecule has 14 heavy (non-hydrogen) atoms. The molecule has 1 aromatic carbocycles. The van der Waals surface area contributed by atoms with Crippen molar-refractivity contribution in [3.63, 3.8) is 0 Å². The second-order valence-electron chi connectivity index (χ2n) is 3.15. The molecular formula is C10H10BrNO2. The fourth-order valence-electron chi connectivity index (χ4n) is 1.67.